The molecule has 3 rings (SSSR count). The van der Waals surface area contributed by atoms with Gasteiger partial charge in [-0.15, -0.1) is 10.2 Å². The van der Waals surface area contributed by atoms with Crippen molar-refractivity contribution in [1.82, 2.24) is 10.2 Å². The van der Waals surface area contributed by atoms with Gasteiger partial charge in [-0.2, -0.15) is 0 Å². The van der Waals surface area contributed by atoms with E-state index in [9.17, 15) is 4.79 Å². The molecule has 1 aromatic heterocycles. The van der Waals surface area contributed by atoms with Crippen LogP contribution in [-0.4, -0.2) is 16.1 Å². The standard InChI is InChI=1S/C22H25N3OS/c1-3-16(4-2)21-24-25-22(27-21)23-20(26)15-19(17-11-7-5-8-12-17)18-13-9-6-10-14-18/h5-14,16,19H,3-4,15H2,1-2H3,(H,23,25,26). The highest BCUT2D eigenvalue weighted by molar-refractivity contribution is 7.15. The molecule has 4 nitrogen and oxygen atoms in total. The number of benzene rings is 2. The highest BCUT2D eigenvalue weighted by atomic mass is 32.1. The number of anilines is 1. The SMILES string of the molecule is CCC(CC)c1nnc(NC(=O)CC(c2ccccc2)c2ccccc2)s1. The average Bonchev–Trinajstić information content (AvgIpc) is 3.16. The minimum Gasteiger partial charge on any atom is -0.300 e. The number of nitrogens with zero attached hydrogens (tertiary/aromatic N) is 2. The molecule has 0 bridgehead atoms. The quantitative estimate of drug-likeness (QED) is 0.554. The molecule has 3 aromatic rings. The Morgan fingerprint density at radius 1 is 0.926 bits per heavy atom. The fourth-order valence-corrected chi connectivity index (χ4v) is 4.27. The first kappa shape index (κ1) is 19.2. The van der Waals surface area contributed by atoms with Gasteiger partial charge in [0.2, 0.25) is 11.0 Å². The number of carbonyl (C=O) groups excluding carboxylic acids is 1. The summed E-state index contributed by atoms with van der Waals surface area (Å²) in [6.45, 7) is 4.30. The van der Waals surface area contributed by atoms with Gasteiger partial charge < -0.3 is 5.32 Å². The number of nitrogens with one attached hydrogen (secondary N) is 1. The molecule has 0 saturated heterocycles. The maximum absolute atomic E-state index is 12.7. The molecule has 0 unspecified atom stereocenters. The lowest BCUT2D eigenvalue weighted by Gasteiger charge is -2.17. The van der Waals surface area contributed by atoms with E-state index in [1.54, 1.807) is 0 Å². The van der Waals surface area contributed by atoms with Gasteiger partial charge in [0.25, 0.3) is 0 Å². The Bertz CT molecular complexity index is 805. The van der Waals surface area contributed by atoms with Gasteiger partial charge in [-0.05, 0) is 24.0 Å². The number of hydrogen-bond acceptors (Lipinski definition) is 4. The van der Waals surface area contributed by atoms with E-state index in [0.29, 0.717) is 17.5 Å². The minimum atomic E-state index is -0.0417. The molecule has 0 atom stereocenters. The van der Waals surface area contributed by atoms with Crippen LogP contribution in [0.15, 0.2) is 60.7 Å². The van der Waals surface area contributed by atoms with E-state index < -0.39 is 0 Å². The minimum absolute atomic E-state index is 0.0128. The highest BCUT2D eigenvalue weighted by Gasteiger charge is 2.20. The van der Waals surface area contributed by atoms with Crippen LogP contribution in [-0.2, 0) is 4.79 Å². The first-order valence-electron chi connectivity index (χ1n) is 9.44. The summed E-state index contributed by atoms with van der Waals surface area (Å²) in [7, 11) is 0. The number of carbonyl (C=O) groups is 1. The Labute approximate surface area is 164 Å². The smallest absolute Gasteiger partial charge is 0.227 e. The van der Waals surface area contributed by atoms with Gasteiger partial charge in [-0.1, -0.05) is 85.8 Å². The zero-order chi connectivity index (χ0) is 19.1. The highest BCUT2D eigenvalue weighted by Crippen LogP contribution is 2.30. The first-order chi connectivity index (χ1) is 13.2. The number of amides is 1. The van der Waals surface area contributed by atoms with E-state index in [1.807, 2.05) is 36.4 Å². The molecule has 2 aromatic carbocycles. The van der Waals surface area contributed by atoms with Crippen LogP contribution < -0.4 is 5.32 Å². The second-order valence-electron chi connectivity index (χ2n) is 6.59. The maximum atomic E-state index is 12.7. The number of aromatic nitrogens is 2. The zero-order valence-electron chi connectivity index (χ0n) is 15.8. The van der Waals surface area contributed by atoms with Crippen molar-refractivity contribution < 1.29 is 4.79 Å². The summed E-state index contributed by atoms with van der Waals surface area (Å²) < 4.78 is 0. The molecule has 140 valence electrons. The molecule has 0 spiro atoms. The van der Waals surface area contributed by atoms with Crippen LogP contribution in [0, 0.1) is 0 Å². The van der Waals surface area contributed by atoms with E-state index in [2.05, 4.69) is 53.6 Å². The second kappa shape index (κ2) is 9.42. The monoisotopic (exact) mass is 379 g/mol. The Morgan fingerprint density at radius 2 is 1.48 bits per heavy atom. The fraction of sp³-hybridized carbons (Fsp3) is 0.318. The summed E-state index contributed by atoms with van der Waals surface area (Å²) in [5.74, 6) is 0.383. The van der Waals surface area contributed by atoms with Crippen molar-refractivity contribution in [2.45, 2.75) is 44.9 Å². The van der Waals surface area contributed by atoms with Gasteiger partial charge in [0, 0.05) is 18.3 Å². The van der Waals surface area contributed by atoms with Crippen molar-refractivity contribution in [3.8, 4) is 0 Å². The lowest BCUT2D eigenvalue weighted by Crippen LogP contribution is -2.16. The van der Waals surface area contributed by atoms with Gasteiger partial charge in [-0.25, -0.2) is 0 Å². The lowest BCUT2D eigenvalue weighted by atomic mass is 9.88. The second-order valence-corrected chi connectivity index (χ2v) is 7.59. The van der Waals surface area contributed by atoms with Gasteiger partial charge >= 0.3 is 0 Å². The normalized spacial score (nSPS) is 11.1. The summed E-state index contributed by atoms with van der Waals surface area (Å²) >= 11 is 1.48. The Hall–Kier alpha value is -2.53. The number of rotatable bonds is 8. The molecular weight excluding hydrogens is 354 g/mol. The Kier molecular flexibility index (Phi) is 6.71. The maximum Gasteiger partial charge on any atom is 0.227 e. The van der Waals surface area contributed by atoms with Crippen LogP contribution in [0.4, 0.5) is 5.13 Å². The van der Waals surface area contributed by atoms with Crippen LogP contribution in [0.3, 0.4) is 0 Å². The molecule has 1 heterocycles. The molecular formula is C22H25N3OS. The van der Waals surface area contributed by atoms with E-state index >= 15 is 0 Å². The van der Waals surface area contributed by atoms with E-state index in [-0.39, 0.29) is 11.8 Å². The molecule has 0 aliphatic carbocycles. The average molecular weight is 380 g/mol. The van der Waals surface area contributed by atoms with Gasteiger partial charge in [0.15, 0.2) is 0 Å². The van der Waals surface area contributed by atoms with Gasteiger partial charge in [-0.3, -0.25) is 4.79 Å². The third-order valence-corrected chi connectivity index (χ3v) is 5.82. The van der Waals surface area contributed by atoms with Crippen molar-refractivity contribution in [3.63, 3.8) is 0 Å². The Balaban J connectivity index is 1.74. The summed E-state index contributed by atoms with van der Waals surface area (Å²) in [5, 5.41) is 12.9. The van der Waals surface area contributed by atoms with E-state index in [0.717, 1.165) is 29.0 Å². The van der Waals surface area contributed by atoms with Crippen LogP contribution in [0.2, 0.25) is 0 Å². The largest absolute Gasteiger partial charge is 0.300 e. The number of hydrogen-bond donors (Lipinski definition) is 1. The third kappa shape index (κ3) is 5.01. The zero-order valence-corrected chi connectivity index (χ0v) is 16.6. The molecule has 1 amide bonds. The fourth-order valence-electron chi connectivity index (χ4n) is 3.24. The molecule has 27 heavy (non-hydrogen) atoms. The van der Waals surface area contributed by atoms with Gasteiger partial charge in [0.1, 0.15) is 5.01 Å². The summed E-state index contributed by atoms with van der Waals surface area (Å²) in [6.07, 6.45) is 2.43. The van der Waals surface area contributed by atoms with Crippen LogP contribution in [0.25, 0.3) is 0 Å². The summed E-state index contributed by atoms with van der Waals surface area (Å²) in [4.78, 5) is 12.7. The van der Waals surface area contributed by atoms with Crippen molar-refractivity contribution in [2.24, 2.45) is 0 Å². The van der Waals surface area contributed by atoms with Crippen LogP contribution in [0.1, 0.15) is 61.1 Å². The predicted molar refractivity (Wildman–Crippen MR) is 111 cm³/mol. The molecule has 0 fully saturated rings. The molecule has 0 aliphatic rings. The molecule has 0 saturated carbocycles. The summed E-state index contributed by atoms with van der Waals surface area (Å²) in [5.41, 5.74) is 2.27. The molecule has 5 heteroatoms. The summed E-state index contributed by atoms with van der Waals surface area (Å²) in [6, 6.07) is 20.3. The molecule has 0 aliphatic heterocycles. The van der Waals surface area contributed by atoms with Crippen molar-refractivity contribution in [3.05, 3.63) is 76.8 Å². The van der Waals surface area contributed by atoms with E-state index in [4.69, 9.17) is 0 Å². The molecule has 0 radical (unpaired) electrons. The Morgan fingerprint density at radius 3 is 2.00 bits per heavy atom. The predicted octanol–water partition coefficient (Wildman–Crippen LogP) is 5.60. The van der Waals surface area contributed by atoms with Crippen LogP contribution in [0.5, 0.6) is 0 Å². The third-order valence-electron chi connectivity index (χ3n) is 4.82. The van der Waals surface area contributed by atoms with Gasteiger partial charge in [0.05, 0.1) is 0 Å². The van der Waals surface area contributed by atoms with Crippen molar-refractivity contribution in [2.75, 3.05) is 5.32 Å². The van der Waals surface area contributed by atoms with Crippen molar-refractivity contribution in [1.29, 1.82) is 0 Å². The lowest BCUT2D eigenvalue weighted by molar-refractivity contribution is -0.116. The first-order valence-corrected chi connectivity index (χ1v) is 10.3. The molecule has 1 N–H and O–H groups in total. The van der Waals surface area contributed by atoms with Crippen LogP contribution >= 0.6 is 11.3 Å². The van der Waals surface area contributed by atoms with Crippen molar-refractivity contribution >= 4 is 22.4 Å². The topological polar surface area (TPSA) is 54.9 Å². The van der Waals surface area contributed by atoms with E-state index in [1.165, 1.54) is 11.3 Å².